The maximum Gasteiger partial charge on any atom is 0.338 e. The summed E-state index contributed by atoms with van der Waals surface area (Å²) in [6, 6.07) is 3.63. The molecule has 24 heavy (non-hydrogen) atoms. The lowest BCUT2D eigenvalue weighted by atomic mass is 10.3. The summed E-state index contributed by atoms with van der Waals surface area (Å²) in [7, 11) is 0. The molecule has 3 rings (SSSR count). The highest BCUT2D eigenvalue weighted by atomic mass is 32.1. The molecule has 0 atom stereocenters. The number of piperazine rings is 1. The molecule has 1 N–H and O–H groups in total. The first kappa shape index (κ1) is 16.2. The molecule has 0 radical (unpaired) electrons. The molecule has 0 bridgehead atoms. The Hall–Kier alpha value is -2.68. The van der Waals surface area contributed by atoms with E-state index in [-0.39, 0.29) is 23.9 Å². The smallest absolute Gasteiger partial charge is 0.338 e. The van der Waals surface area contributed by atoms with Crippen molar-refractivity contribution in [3.8, 4) is 0 Å². The van der Waals surface area contributed by atoms with E-state index in [0.717, 1.165) is 0 Å². The fraction of sp³-hybridized carbons (Fsp3) is 0.333. The second-order valence-corrected chi connectivity index (χ2v) is 6.33. The molecule has 2 amide bonds. The number of aromatic carboxylic acids is 1. The molecule has 1 fully saturated rings. The van der Waals surface area contributed by atoms with Crippen molar-refractivity contribution in [2.75, 3.05) is 26.2 Å². The standard InChI is InChI=1S/C15H16N4O4S/c20-13(10-19-9-11(8-16-19)15(22)23)17-3-5-18(6-4-17)14(21)12-2-1-7-24-12/h1-2,7-9H,3-6,10H2,(H,22,23). The zero-order chi connectivity index (χ0) is 17.1. The monoisotopic (exact) mass is 348 g/mol. The SMILES string of the molecule is O=C(O)c1cnn(CC(=O)N2CCN(C(=O)c3cccs3)CC2)c1. The van der Waals surface area contributed by atoms with Crippen LogP contribution in [0.5, 0.6) is 0 Å². The number of carbonyl (C=O) groups is 3. The molecule has 1 aliphatic rings. The van der Waals surface area contributed by atoms with E-state index in [9.17, 15) is 14.4 Å². The third-order valence-corrected chi connectivity index (χ3v) is 4.69. The van der Waals surface area contributed by atoms with Crippen molar-refractivity contribution >= 4 is 29.1 Å². The summed E-state index contributed by atoms with van der Waals surface area (Å²) in [6.07, 6.45) is 2.55. The van der Waals surface area contributed by atoms with Gasteiger partial charge in [-0.3, -0.25) is 14.3 Å². The third-order valence-electron chi connectivity index (χ3n) is 3.83. The van der Waals surface area contributed by atoms with Gasteiger partial charge in [-0.1, -0.05) is 6.07 Å². The van der Waals surface area contributed by atoms with Gasteiger partial charge in [0.2, 0.25) is 5.91 Å². The fourth-order valence-corrected chi connectivity index (χ4v) is 3.20. The largest absolute Gasteiger partial charge is 0.478 e. The first-order chi connectivity index (χ1) is 11.5. The van der Waals surface area contributed by atoms with E-state index in [1.165, 1.54) is 28.4 Å². The number of nitrogens with zero attached hydrogens (tertiary/aromatic N) is 4. The number of thiophene rings is 1. The molecule has 8 nitrogen and oxygen atoms in total. The summed E-state index contributed by atoms with van der Waals surface area (Å²) >= 11 is 1.41. The number of amides is 2. The van der Waals surface area contributed by atoms with Gasteiger partial charge in [-0.25, -0.2) is 4.79 Å². The zero-order valence-electron chi connectivity index (χ0n) is 12.8. The number of aromatic nitrogens is 2. The minimum absolute atomic E-state index is 0.00437. The van der Waals surface area contributed by atoms with Crippen LogP contribution in [-0.4, -0.2) is 68.6 Å². The van der Waals surface area contributed by atoms with E-state index in [1.807, 2.05) is 11.4 Å². The maximum absolute atomic E-state index is 12.3. The van der Waals surface area contributed by atoms with Crippen molar-refractivity contribution in [1.82, 2.24) is 19.6 Å². The number of rotatable bonds is 4. The number of carboxylic acid groups (broad SMARTS) is 1. The highest BCUT2D eigenvalue weighted by Gasteiger charge is 2.25. The Morgan fingerprint density at radius 1 is 1.17 bits per heavy atom. The molecule has 2 aromatic heterocycles. The Bertz CT molecular complexity index is 747. The van der Waals surface area contributed by atoms with Gasteiger partial charge >= 0.3 is 5.97 Å². The van der Waals surface area contributed by atoms with E-state index in [4.69, 9.17) is 5.11 Å². The Kier molecular flexibility index (Phi) is 4.61. The quantitative estimate of drug-likeness (QED) is 0.874. The first-order valence-electron chi connectivity index (χ1n) is 7.41. The molecule has 0 unspecified atom stereocenters. The van der Waals surface area contributed by atoms with Gasteiger partial charge in [0.25, 0.3) is 5.91 Å². The first-order valence-corrected chi connectivity index (χ1v) is 8.29. The van der Waals surface area contributed by atoms with E-state index in [2.05, 4.69) is 5.10 Å². The van der Waals surface area contributed by atoms with Crippen LogP contribution in [-0.2, 0) is 11.3 Å². The lowest BCUT2D eigenvalue weighted by molar-refractivity contribution is -0.133. The number of carbonyl (C=O) groups excluding carboxylic acids is 2. The average Bonchev–Trinajstić information content (AvgIpc) is 3.26. The van der Waals surface area contributed by atoms with Crippen molar-refractivity contribution in [3.05, 3.63) is 40.3 Å². The van der Waals surface area contributed by atoms with Gasteiger partial charge in [-0.05, 0) is 11.4 Å². The van der Waals surface area contributed by atoms with Gasteiger partial charge in [-0.2, -0.15) is 5.10 Å². The summed E-state index contributed by atoms with van der Waals surface area (Å²) < 4.78 is 1.31. The van der Waals surface area contributed by atoms with Crippen molar-refractivity contribution in [2.45, 2.75) is 6.54 Å². The van der Waals surface area contributed by atoms with E-state index < -0.39 is 5.97 Å². The van der Waals surface area contributed by atoms with Crippen LogP contribution in [0.2, 0.25) is 0 Å². The highest BCUT2D eigenvalue weighted by molar-refractivity contribution is 7.12. The van der Waals surface area contributed by atoms with Crippen molar-refractivity contribution in [3.63, 3.8) is 0 Å². The van der Waals surface area contributed by atoms with Crippen LogP contribution in [0.1, 0.15) is 20.0 Å². The molecule has 0 aliphatic carbocycles. The lowest BCUT2D eigenvalue weighted by Gasteiger charge is -2.34. The van der Waals surface area contributed by atoms with Crippen molar-refractivity contribution < 1.29 is 19.5 Å². The van der Waals surface area contributed by atoms with Crippen LogP contribution in [0.3, 0.4) is 0 Å². The normalized spacial score (nSPS) is 14.7. The van der Waals surface area contributed by atoms with Crippen LogP contribution < -0.4 is 0 Å². The molecule has 0 spiro atoms. The molecule has 1 saturated heterocycles. The van der Waals surface area contributed by atoms with Crippen molar-refractivity contribution in [1.29, 1.82) is 0 Å². The van der Waals surface area contributed by atoms with Gasteiger partial charge in [-0.15, -0.1) is 11.3 Å². The molecule has 1 aliphatic heterocycles. The van der Waals surface area contributed by atoms with Gasteiger partial charge in [0.15, 0.2) is 0 Å². The summed E-state index contributed by atoms with van der Waals surface area (Å²) in [6.45, 7) is 1.89. The fourth-order valence-electron chi connectivity index (χ4n) is 2.51. The molecule has 126 valence electrons. The van der Waals surface area contributed by atoms with Crippen LogP contribution in [0, 0.1) is 0 Å². The molecule has 0 saturated carbocycles. The zero-order valence-corrected chi connectivity index (χ0v) is 13.6. The number of carboxylic acids is 1. The number of hydrogen-bond acceptors (Lipinski definition) is 5. The number of hydrogen-bond donors (Lipinski definition) is 1. The lowest BCUT2D eigenvalue weighted by Crippen LogP contribution is -2.51. The second-order valence-electron chi connectivity index (χ2n) is 5.38. The second kappa shape index (κ2) is 6.83. The van der Waals surface area contributed by atoms with Crippen LogP contribution in [0.15, 0.2) is 29.9 Å². The minimum Gasteiger partial charge on any atom is -0.478 e. The Labute approximate surface area is 141 Å². The van der Waals surface area contributed by atoms with E-state index in [0.29, 0.717) is 31.1 Å². The molecular weight excluding hydrogens is 332 g/mol. The minimum atomic E-state index is -1.07. The Balaban J connectivity index is 1.53. The summed E-state index contributed by atoms with van der Waals surface area (Å²) in [5.41, 5.74) is 0.0502. The third kappa shape index (κ3) is 3.46. The van der Waals surface area contributed by atoms with E-state index >= 15 is 0 Å². The average molecular weight is 348 g/mol. The predicted octanol–water partition coefficient (Wildman–Crippen LogP) is 0.627. The molecular formula is C15H16N4O4S. The van der Waals surface area contributed by atoms with Gasteiger partial charge in [0.1, 0.15) is 6.54 Å². The van der Waals surface area contributed by atoms with Gasteiger partial charge < -0.3 is 14.9 Å². The van der Waals surface area contributed by atoms with Gasteiger partial charge in [0.05, 0.1) is 16.6 Å². The molecule has 3 heterocycles. The van der Waals surface area contributed by atoms with Gasteiger partial charge in [0, 0.05) is 32.4 Å². The summed E-state index contributed by atoms with van der Waals surface area (Å²) in [4.78, 5) is 39.5. The molecule has 0 aromatic carbocycles. The van der Waals surface area contributed by atoms with E-state index in [1.54, 1.807) is 15.9 Å². The van der Waals surface area contributed by atoms with Crippen LogP contribution in [0.4, 0.5) is 0 Å². The molecule has 2 aromatic rings. The Morgan fingerprint density at radius 3 is 2.46 bits per heavy atom. The molecule has 9 heteroatoms. The maximum atomic E-state index is 12.3. The Morgan fingerprint density at radius 2 is 1.88 bits per heavy atom. The van der Waals surface area contributed by atoms with Crippen LogP contribution in [0.25, 0.3) is 0 Å². The predicted molar refractivity (Wildman–Crippen MR) is 86.0 cm³/mol. The van der Waals surface area contributed by atoms with Crippen LogP contribution >= 0.6 is 11.3 Å². The topological polar surface area (TPSA) is 95.7 Å². The van der Waals surface area contributed by atoms with Crippen molar-refractivity contribution in [2.24, 2.45) is 0 Å². The summed E-state index contributed by atoms with van der Waals surface area (Å²) in [5.74, 6) is -1.22. The summed E-state index contributed by atoms with van der Waals surface area (Å²) in [5, 5.41) is 14.6. The highest BCUT2D eigenvalue weighted by Crippen LogP contribution is 2.14.